The molecule has 6 nitrogen and oxygen atoms in total. The Labute approximate surface area is 215 Å². The summed E-state index contributed by atoms with van der Waals surface area (Å²) < 4.78 is 5.75. The Morgan fingerprint density at radius 1 is 0.806 bits per heavy atom. The fourth-order valence-electron chi connectivity index (χ4n) is 4.37. The number of carbonyl (C=O) groups is 2. The Hall–Kier alpha value is -4.03. The molecule has 0 aliphatic carbocycles. The maximum Gasteiger partial charge on any atom is 0.262 e. The van der Waals surface area contributed by atoms with Crippen LogP contribution in [0.25, 0.3) is 10.8 Å². The summed E-state index contributed by atoms with van der Waals surface area (Å²) in [4.78, 5) is 29.5. The zero-order valence-electron chi connectivity index (χ0n) is 19.7. The van der Waals surface area contributed by atoms with E-state index < -0.39 is 0 Å². The van der Waals surface area contributed by atoms with Crippen LogP contribution in [0.4, 0.5) is 11.4 Å². The second kappa shape index (κ2) is 10.7. The topological polar surface area (TPSA) is 61.9 Å². The number of rotatable bonds is 6. The van der Waals surface area contributed by atoms with Gasteiger partial charge in [-0.2, -0.15) is 0 Å². The first-order valence-electron chi connectivity index (χ1n) is 11.9. The number of hydrogen-bond donors (Lipinski definition) is 1. The highest BCUT2D eigenvalue weighted by molar-refractivity contribution is 6.30. The van der Waals surface area contributed by atoms with Gasteiger partial charge in [0.25, 0.3) is 11.8 Å². The third kappa shape index (κ3) is 5.44. The predicted molar refractivity (Wildman–Crippen MR) is 144 cm³/mol. The van der Waals surface area contributed by atoms with Crippen LogP contribution >= 0.6 is 11.6 Å². The number of anilines is 2. The molecule has 0 aromatic heterocycles. The standard InChI is InChI=1S/C29H26ClN3O3/c30-24-12-9-22(10-13-24)29(35)33-17-15-32(16-18-33)27-8-4-3-7-26(27)31-28(34)20-36-25-14-11-21-5-1-2-6-23(21)19-25/h1-14,19H,15-18,20H2,(H,31,34). The minimum absolute atomic E-state index is 0.00116. The molecule has 1 saturated heterocycles. The smallest absolute Gasteiger partial charge is 0.262 e. The van der Waals surface area contributed by atoms with Gasteiger partial charge >= 0.3 is 0 Å². The first-order chi connectivity index (χ1) is 17.6. The van der Waals surface area contributed by atoms with Crippen LogP contribution in [0.1, 0.15) is 10.4 Å². The lowest BCUT2D eigenvalue weighted by molar-refractivity contribution is -0.118. The van der Waals surface area contributed by atoms with Gasteiger partial charge in [-0.15, -0.1) is 0 Å². The first kappa shape index (κ1) is 23.7. The van der Waals surface area contributed by atoms with E-state index in [4.69, 9.17) is 16.3 Å². The Kier molecular flexibility index (Phi) is 7.05. The highest BCUT2D eigenvalue weighted by atomic mass is 35.5. The van der Waals surface area contributed by atoms with Crippen LogP contribution in [0, 0.1) is 0 Å². The molecule has 1 N–H and O–H groups in total. The van der Waals surface area contributed by atoms with Crippen molar-refractivity contribution in [2.75, 3.05) is 43.0 Å². The van der Waals surface area contributed by atoms with Gasteiger partial charge in [0.15, 0.2) is 6.61 Å². The maximum atomic E-state index is 12.8. The lowest BCUT2D eigenvalue weighted by atomic mass is 10.1. The van der Waals surface area contributed by atoms with Crippen molar-refractivity contribution in [2.24, 2.45) is 0 Å². The minimum atomic E-state index is -0.229. The molecule has 0 saturated carbocycles. The summed E-state index contributed by atoms with van der Waals surface area (Å²) in [5.74, 6) is 0.421. The molecule has 1 fully saturated rings. The number of halogens is 1. The normalized spacial score (nSPS) is 13.5. The number of carbonyl (C=O) groups excluding carboxylic acids is 2. The summed E-state index contributed by atoms with van der Waals surface area (Å²) in [6, 6.07) is 28.5. The van der Waals surface area contributed by atoms with Crippen LogP contribution in [-0.4, -0.2) is 49.5 Å². The molecule has 0 unspecified atom stereocenters. The fourth-order valence-corrected chi connectivity index (χ4v) is 4.50. The second-order valence-electron chi connectivity index (χ2n) is 8.65. The molecule has 182 valence electrons. The zero-order chi connectivity index (χ0) is 24.9. The monoisotopic (exact) mass is 499 g/mol. The number of fused-ring (bicyclic) bond motifs is 1. The molecule has 0 bridgehead atoms. The number of benzene rings is 4. The molecule has 7 heteroatoms. The van der Waals surface area contributed by atoms with Crippen molar-refractivity contribution in [3.05, 3.63) is 102 Å². The highest BCUT2D eigenvalue weighted by Gasteiger charge is 2.24. The van der Waals surface area contributed by atoms with Gasteiger partial charge in [0.2, 0.25) is 0 Å². The molecule has 1 heterocycles. The van der Waals surface area contributed by atoms with Crippen LogP contribution < -0.4 is 15.0 Å². The van der Waals surface area contributed by atoms with Crippen molar-refractivity contribution in [1.29, 1.82) is 0 Å². The van der Waals surface area contributed by atoms with Crippen molar-refractivity contribution in [3.63, 3.8) is 0 Å². The minimum Gasteiger partial charge on any atom is -0.484 e. The van der Waals surface area contributed by atoms with Gasteiger partial charge in [0.05, 0.1) is 11.4 Å². The molecule has 1 aliphatic heterocycles. The first-order valence-corrected chi connectivity index (χ1v) is 12.2. The third-order valence-electron chi connectivity index (χ3n) is 6.27. The van der Waals surface area contributed by atoms with Crippen LogP contribution in [0.15, 0.2) is 91.0 Å². The molecule has 2 amide bonds. The summed E-state index contributed by atoms with van der Waals surface area (Å²) in [6.07, 6.45) is 0. The summed E-state index contributed by atoms with van der Waals surface area (Å²) in [7, 11) is 0. The summed E-state index contributed by atoms with van der Waals surface area (Å²) >= 11 is 5.94. The van der Waals surface area contributed by atoms with Crippen molar-refractivity contribution in [1.82, 2.24) is 4.90 Å². The largest absolute Gasteiger partial charge is 0.484 e. The number of piperazine rings is 1. The van der Waals surface area contributed by atoms with Crippen LogP contribution in [0.5, 0.6) is 5.75 Å². The van der Waals surface area contributed by atoms with Gasteiger partial charge in [-0.1, -0.05) is 54.1 Å². The number of nitrogens with zero attached hydrogens (tertiary/aromatic N) is 2. The van der Waals surface area contributed by atoms with Crippen molar-refractivity contribution < 1.29 is 14.3 Å². The molecule has 4 aromatic carbocycles. The van der Waals surface area contributed by atoms with Crippen molar-refractivity contribution in [2.45, 2.75) is 0 Å². The summed E-state index contributed by atoms with van der Waals surface area (Å²) in [5, 5.41) is 5.78. The summed E-state index contributed by atoms with van der Waals surface area (Å²) in [6.45, 7) is 2.43. The Balaban J connectivity index is 1.18. The van der Waals surface area contributed by atoms with E-state index in [1.807, 2.05) is 71.6 Å². The molecule has 4 aromatic rings. The van der Waals surface area contributed by atoms with Crippen molar-refractivity contribution in [3.8, 4) is 5.75 Å². The molecule has 0 radical (unpaired) electrons. The third-order valence-corrected chi connectivity index (χ3v) is 6.52. The van der Waals surface area contributed by atoms with E-state index in [1.165, 1.54) is 0 Å². The van der Waals surface area contributed by atoms with E-state index in [9.17, 15) is 9.59 Å². The van der Waals surface area contributed by atoms with E-state index in [-0.39, 0.29) is 18.4 Å². The Morgan fingerprint density at radius 2 is 1.50 bits per heavy atom. The number of ether oxygens (including phenoxy) is 1. The second-order valence-corrected chi connectivity index (χ2v) is 9.09. The number of nitrogens with one attached hydrogen (secondary N) is 1. The molecule has 1 aliphatic rings. The molecule has 0 atom stereocenters. The Morgan fingerprint density at radius 3 is 2.28 bits per heavy atom. The lowest BCUT2D eigenvalue weighted by Crippen LogP contribution is -2.49. The van der Waals surface area contributed by atoms with Crippen LogP contribution in [0.3, 0.4) is 0 Å². The number of amides is 2. The van der Waals surface area contributed by atoms with Gasteiger partial charge in [-0.05, 0) is 59.3 Å². The van der Waals surface area contributed by atoms with Gasteiger partial charge < -0.3 is 19.9 Å². The molecular formula is C29H26ClN3O3. The summed E-state index contributed by atoms with van der Waals surface area (Å²) in [5.41, 5.74) is 2.28. The van der Waals surface area contributed by atoms with Crippen LogP contribution in [0.2, 0.25) is 5.02 Å². The van der Waals surface area contributed by atoms with E-state index >= 15 is 0 Å². The van der Waals surface area contributed by atoms with Crippen molar-refractivity contribution >= 4 is 45.6 Å². The van der Waals surface area contributed by atoms with Gasteiger partial charge in [-0.25, -0.2) is 0 Å². The predicted octanol–water partition coefficient (Wildman–Crippen LogP) is 5.47. The zero-order valence-corrected chi connectivity index (χ0v) is 20.4. The fraction of sp³-hybridized carbons (Fsp3) is 0.172. The van der Waals surface area contributed by atoms with E-state index in [0.29, 0.717) is 42.5 Å². The average Bonchev–Trinajstić information content (AvgIpc) is 2.92. The Bertz CT molecular complexity index is 1380. The highest BCUT2D eigenvalue weighted by Crippen LogP contribution is 2.27. The number of para-hydroxylation sites is 2. The van der Waals surface area contributed by atoms with Gasteiger partial charge in [0.1, 0.15) is 5.75 Å². The molecule has 0 spiro atoms. The van der Waals surface area contributed by atoms with E-state index in [1.54, 1.807) is 24.3 Å². The van der Waals surface area contributed by atoms with E-state index in [2.05, 4.69) is 10.2 Å². The van der Waals surface area contributed by atoms with Crippen LogP contribution in [-0.2, 0) is 4.79 Å². The molecular weight excluding hydrogens is 474 g/mol. The van der Waals surface area contributed by atoms with Gasteiger partial charge in [-0.3, -0.25) is 9.59 Å². The molecule has 36 heavy (non-hydrogen) atoms. The molecule has 5 rings (SSSR count). The average molecular weight is 500 g/mol. The van der Waals surface area contributed by atoms with E-state index in [0.717, 1.165) is 22.1 Å². The van der Waals surface area contributed by atoms with Gasteiger partial charge in [0, 0.05) is 36.8 Å². The maximum absolute atomic E-state index is 12.8. The lowest BCUT2D eigenvalue weighted by Gasteiger charge is -2.37. The SMILES string of the molecule is O=C(COc1ccc2ccccc2c1)Nc1ccccc1N1CCN(C(=O)c2ccc(Cl)cc2)CC1. The number of hydrogen-bond acceptors (Lipinski definition) is 4. The quantitative estimate of drug-likeness (QED) is 0.382.